The van der Waals surface area contributed by atoms with Crippen molar-refractivity contribution >= 4 is 139 Å². The maximum absolute atomic E-state index is 13.6. The van der Waals surface area contributed by atoms with Crippen molar-refractivity contribution in [2.45, 2.75) is 97.8 Å². The quantitative estimate of drug-likeness (QED) is 0.0140. The number of phenolic OH excluding ortho intramolecular Hbond substituents is 3. The van der Waals surface area contributed by atoms with Crippen LogP contribution in [-0.2, 0) is 38.5 Å². The Bertz CT molecular complexity index is 4250. The summed E-state index contributed by atoms with van der Waals surface area (Å²) in [6.45, 7) is 7.97. The highest BCUT2D eigenvalue weighted by molar-refractivity contribution is 14.1. The number of phenols is 3. The molecule has 14 nitrogen and oxygen atoms in total. The number of carbonyl (C=O) groups is 3. The predicted molar refractivity (Wildman–Crippen MR) is 416 cm³/mol. The maximum atomic E-state index is 13.6. The number of benzene rings is 9. The Labute approximate surface area is 619 Å². The molecule has 7 N–H and O–H groups in total. The molecule has 3 heterocycles. The molecule has 0 saturated carbocycles. The smallest absolute Gasteiger partial charge is 0.197 e. The molecule has 0 amide bonds. The first-order chi connectivity index (χ1) is 47.9. The van der Waals surface area contributed by atoms with Gasteiger partial charge in [-0.1, -0.05) is 131 Å². The second-order valence-electron chi connectivity index (χ2n) is 23.8. The van der Waals surface area contributed by atoms with Gasteiger partial charge in [0.05, 0.1) is 64.0 Å². The van der Waals surface area contributed by atoms with Gasteiger partial charge in [-0.25, -0.2) is 0 Å². The van der Waals surface area contributed by atoms with Crippen LogP contribution in [0.3, 0.4) is 0 Å². The summed E-state index contributed by atoms with van der Waals surface area (Å²) in [5.74, 6) is 3.71. The van der Waals surface area contributed by atoms with E-state index in [9.17, 15) is 29.7 Å². The van der Waals surface area contributed by atoms with E-state index in [1.54, 1.807) is 24.3 Å². The van der Waals surface area contributed by atoms with Gasteiger partial charge in [-0.05, 0) is 186 Å². The van der Waals surface area contributed by atoms with Gasteiger partial charge in [0, 0.05) is 89.6 Å². The monoisotopic (exact) mass is 1680 g/mol. The maximum Gasteiger partial charge on any atom is 0.197 e. The molecule has 510 valence electrons. The highest BCUT2D eigenvalue weighted by Crippen LogP contribution is 2.40. The molecule has 0 aliphatic rings. The van der Waals surface area contributed by atoms with Crippen LogP contribution < -0.4 is 25.7 Å². The fourth-order valence-corrected chi connectivity index (χ4v) is 14.3. The van der Waals surface area contributed by atoms with Gasteiger partial charge in [0.25, 0.3) is 0 Å². The van der Waals surface area contributed by atoms with E-state index < -0.39 is 0 Å². The van der Waals surface area contributed by atoms with Crippen molar-refractivity contribution in [2.75, 3.05) is 31.3 Å². The number of halogens is 4. The summed E-state index contributed by atoms with van der Waals surface area (Å²) in [7, 11) is 0. The number of anilines is 2. The van der Waals surface area contributed by atoms with Crippen LogP contribution >= 0.6 is 77.0 Å². The summed E-state index contributed by atoms with van der Waals surface area (Å²) in [6.07, 6.45) is 10.2. The molecule has 0 unspecified atom stereocenters. The lowest BCUT2D eigenvalue weighted by atomic mass is 9.97. The van der Waals surface area contributed by atoms with Crippen molar-refractivity contribution in [1.29, 1.82) is 0 Å². The van der Waals surface area contributed by atoms with Gasteiger partial charge in [0.2, 0.25) is 0 Å². The van der Waals surface area contributed by atoms with Gasteiger partial charge >= 0.3 is 0 Å². The number of nitrogen functional groups attached to an aromatic ring is 2. The highest BCUT2D eigenvalue weighted by atomic mass is 127. The van der Waals surface area contributed by atoms with Crippen molar-refractivity contribution in [2.24, 2.45) is 0 Å². The summed E-state index contributed by atoms with van der Waals surface area (Å²) in [5.41, 5.74) is 20.3. The van der Waals surface area contributed by atoms with E-state index in [2.05, 4.69) is 134 Å². The fourth-order valence-electron chi connectivity index (χ4n) is 11.4. The number of rotatable bonds is 27. The number of fused-ring (bicyclic) bond motifs is 3. The van der Waals surface area contributed by atoms with Crippen LogP contribution in [0.5, 0.6) is 34.5 Å². The summed E-state index contributed by atoms with van der Waals surface area (Å²) in [5, 5.41) is 32.3. The third-order valence-corrected chi connectivity index (χ3v) is 19.5. The van der Waals surface area contributed by atoms with Gasteiger partial charge in [0.15, 0.2) is 23.1 Å². The number of unbranched alkanes of at least 4 members (excludes halogenated alkanes) is 3. The van der Waals surface area contributed by atoms with E-state index in [0.717, 1.165) is 74.3 Å². The second kappa shape index (κ2) is 35.0. The summed E-state index contributed by atoms with van der Waals surface area (Å²) in [4.78, 5) is 40.5. The zero-order chi connectivity index (χ0) is 70.1. The Morgan fingerprint density at radius 1 is 0.394 bits per heavy atom. The second-order valence-corrected chi connectivity index (χ2v) is 27.8. The molecule has 0 radical (unpaired) electrons. The van der Waals surface area contributed by atoms with Crippen LogP contribution in [0.4, 0.5) is 11.4 Å². The minimum Gasteiger partial charge on any atom is -0.506 e. The molecule has 3 aromatic heterocycles. The lowest BCUT2D eigenvalue weighted by Gasteiger charge is -2.08. The third kappa shape index (κ3) is 18.5. The number of ether oxygens (including phenoxy) is 3. The Morgan fingerprint density at radius 3 is 1.01 bits per heavy atom. The molecule has 0 fully saturated rings. The Balaban J connectivity index is 0.000000161. The van der Waals surface area contributed by atoms with E-state index in [1.807, 2.05) is 109 Å². The van der Waals surface area contributed by atoms with Crippen LogP contribution in [0.2, 0.25) is 0 Å². The van der Waals surface area contributed by atoms with Gasteiger partial charge in [-0.3, -0.25) is 14.4 Å². The molecular formula is C81H76Br2I2N2O12. The number of furan rings is 3. The molecule has 99 heavy (non-hydrogen) atoms. The molecule has 12 rings (SSSR count). The van der Waals surface area contributed by atoms with Crippen LogP contribution in [0.15, 0.2) is 204 Å². The van der Waals surface area contributed by atoms with Crippen molar-refractivity contribution in [3.8, 4) is 34.5 Å². The zero-order valence-corrected chi connectivity index (χ0v) is 62.6. The number of carbonyl (C=O) groups excluding carboxylic acids is 3. The number of aromatic hydroxyl groups is 3. The SMILES string of the molecule is CCCCc1oc2cc(OCCc3ccccc3)ccc2c1C(=O)c1cc(Br)c(O)c(Br)c1.CCCCc1oc2cc(OCCc3ccccc3)ccc2c1C(=O)c1cc(I)c(O)c(I)c1.CCCCc1oc2cc(OCCc3ccccc3)ccc2c1C(=O)c1cc(N)c(O)c(N)c1. The van der Waals surface area contributed by atoms with E-state index >= 15 is 0 Å². The van der Waals surface area contributed by atoms with E-state index in [1.165, 1.54) is 28.8 Å². The van der Waals surface area contributed by atoms with Crippen molar-refractivity contribution < 1.29 is 57.2 Å². The average Bonchev–Trinajstić information content (AvgIpc) is 1.65. The van der Waals surface area contributed by atoms with Crippen molar-refractivity contribution in [3.63, 3.8) is 0 Å². The first-order valence-corrected chi connectivity index (χ1v) is 36.7. The van der Waals surface area contributed by atoms with Crippen LogP contribution in [0, 0.1) is 7.14 Å². The van der Waals surface area contributed by atoms with E-state index in [4.69, 9.17) is 38.9 Å². The predicted octanol–water partition coefficient (Wildman–Crippen LogP) is 20.9. The standard InChI is InChI=1S/C27H24Br2O4.C27H24I2O4.C27H28N2O4/c3*1-2-3-9-23-25(26(30)18-14-21(28)27(31)22(29)15-18)20-11-10-19(16-24(20)33-23)32-13-12-17-7-5-4-6-8-17/h2*4-8,10-11,14-16,31H,2-3,9,12-13H2,1H3;4-8,10-11,14-16,31H,2-3,9,12-13,28-29H2,1H3. The number of aryl methyl sites for hydroxylation is 3. The van der Waals surface area contributed by atoms with E-state index in [-0.39, 0.29) is 46.0 Å². The van der Waals surface area contributed by atoms with Gasteiger partial charge in [-0.2, -0.15) is 0 Å². The summed E-state index contributed by atoms with van der Waals surface area (Å²) < 4.78 is 38.5. The van der Waals surface area contributed by atoms with Crippen LogP contribution in [0.1, 0.15) is 141 Å². The minimum absolute atomic E-state index is 0.0621. The van der Waals surface area contributed by atoms with Gasteiger partial charge in [-0.15, -0.1) is 0 Å². The normalized spacial score (nSPS) is 11.1. The molecule has 0 spiro atoms. The highest BCUT2D eigenvalue weighted by Gasteiger charge is 2.27. The molecule has 18 heteroatoms. The Morgan fingerprint density at radius 2 is 0.697 bits per heavy atom. The summed E-state index contributed by atoms with van der Waals surface area (Å²) >= 11 is 10.7. The molecule has 0 saturated heterocycles. The number of nitrogens with two attached hydrogens (primary N) is 2. The van der Waals surface area contributed by atoms with Crippen molar-refractivity contribution in [3.05, 3.63) is 265 Å². The molecule has 0 aliphatic heterocycles. The Kier molecular flexibility index (Phi) is 25.8. The van der Waals surface area contributed by atoms with E-state index in [0.29, 0.717) is 139 Å². The first-order valence-electron chi connectivity index (χ1n) is 33.0. The van der Waals surface area contributed by atoms with Crippen molar-refractivity contribution in [1.82, 2.24) is 0 Å². The molecule has 0 bridgehead atoms. The minimum atomic E-state index is -0.240. The van der Waals surface area contributed by atoms with Crippen LogP contribution in [0.25, 0.3) is 32.9 Å². The molecule has 12 aromatic rings. The lowest BCUT2D eigenvalue weighted by Crippen LogP contribution is -2.06. The van der Waals surface area contributed by atoms with Crippen LogP contribution in [-0.4, -0.2) is 52.5 Å². The molecule has 0 aliphatic carbocycles. The van der Waals surface area contributed by atoms with Gasteiger partial charge < -0.3 is 54.2 Å². The summed E-state index contributed by atoms with van der Waals surface area (Å²) in [6, 6.07) is 57.0. The third-order valence-electron chi connectivity index (χ3n) is 16.7. The number of hydrogen-bond donors (Lipinski definition) is 5. The van der Waals surface area contributed by atoms with Gasteiger partial charge in [0.1, 0.15) is 62.8 Å². The molecule has 9 aromatic carbocycles. The molecular weight excluding hydrogens is 1610 g/mol. The topological polar surface area (TPSA) is 231 Å². The largest absolute Gasteiger partial charge is 0.506 e. The lowest BCUT2D eigenvalue weighted by molar-refractivity contribution is 0.103. The average molecular weight is 1680 g/mol. The molecule has 0 atom stereocenters. The fraction of sp³-hybridized carbons (Fsp3) is 0.222. The Hall–Kier alpha value is -8.57. The number of hydrogen-bond acceptors (Lipinski definition) is 14. The first kappa shape index (κ1) is 73.2. The zero-order valence-electron chi connectivity index (χ0n) is 55.1. The number of ketones is 3.